The SMILES string of the molecule is CC(CC1CCCCN1)NC(C)c1ncn[nH]1. The Morgan fingerprint density at radius 2 is 2.35 bits per heavy atom. The van der Waals surface area contributed by atoms with Crippen molar-refractivity contribution >= 4 is 0 Å². The fourth-order valence-corrected chi connectivity index (χ4v) is 2.55. The summed E-state index contributed by atoms with van der Waals surface area (Å²) < 4.78 is 0. The van der Waals surface area contributed by atoms with Crippen molar-refractivity contribution < 1.29 is 0 Å². The van der Waals surface area contributed by atoms with E-state index in [0.717, 1.165) is 5.82 Å². The second-order valence-corrected chi connectivity index (χ2v) is 5.04. The second kappa shape index (κ2) is 6.12. The molecule has 1 aliphatic rings. The van der Waals surface area contributed by atoms with E-state index in [1.807, 2.05) is 0 Å². The molecular weight excluding hydrogens is 214 g/mol. The molecular formula is C12H23N5. The molecule has 2 rings (SSSR count). The van der Waals surface area contributed by atoms with Crippen LogP contribution in [-0.2, 0) is 0 Å². The van der Waals surface area contributed by atoms with Gasteiger partial charge in [-0.3, -0.25) is 5.10 Å². The summed E-state index contributed by atoms with van der Waals surface area (Å²) in [6, 6.07) is 1.40. The molecule has 1 saturated heterocycles. The van der Waals surface area contributed by atoms with Gasteiger partial charge in [0.25, 0.3) is 0 Å². The van der Waals surface area contributed by atoms with Crippen LogP contribution in [-0.4, -0.2) is 33.8 Å². The predicted molar refractivity (Wildman–Crippen MR) is 67.7 cm³/mol. The van der Waals surface area contributed by atoms with E-state index in [1.165, 1.54) is 32.2 Å². The van der Waals surface area contributed by atoms with Crippen LogP contribution in [0.15, 0.2) is 6.33 Å². The van der Waals surface area contributed by atoms with E-state index < -0.39 is 0 Å². The van der Waals surface area contributed by atoms with Gasteiger partial charge in [0.1, 0.15) is 12.2 Å². The van der Waals surface area contributed by atoms with Gasteiger partial charge in [0.2, 0.25) is 0 Å². The van der Waals surface area contributed by atoms with E-state index in [-0.39, 0.29) is 6.04 Å². The van der Waals surface area contributed by atoms with Crippen molar-refractivity contribution in [2.45, 2.75) is 57.7 Å². The van der Waals surface area contributed by atoms with Crippen LogP contribution in [0, 0.1) is 0 Å². The van der Waals surface area contributed by atoms with Crippen LogP contribution in [0.2, 0.25) is 0 Å². The van der Waals surface area contributed by atoms with Crippen molar-refractivity contribution in [3.8, 4) is 0 Å². The summed E-state index contributed by atoms with van der Waals surface area (Å²) >= 11 is 0. The van der Waals surface area contributed by atoms with E-state index >= 15 is 0 Å². The Morgan fingerprint density at radius 3 is 3.00 bits per heavy atom. The normalized spacial score (nSPS) is 24.5. The van der Waals surface area contributed by atoms with Crippen molar-refractivity contribution in [2.75, 3.05) is 6.54 Å². The lowest BCUT2D eigenvalue weighted by atomic mass is 9.98. The number of hydrogen-bond donors (Lipinski definition) is 3. The molecule has 1 fully saturated rings. The third-order valence-electron chi connectivity index (χ3n) is 3.43. The zero-order valence-corrected chi connectivity index (χ0v) is 10.7. The average Bonchev–Trinajstić information content (AvgIpc) is 2.83. The van der Waals surface area contributed by atoms with Crippen LogP contribution < -0.4 is 10.6 Å². The second-order valence-electron chi connectivity index (χ2n) is 5.04. The number of aromatic nitrogens is 3. The molecule has 5 nitrogen and oxygen atoms in total. The molecule has 17 heavy (non-hydrogen) atoms. The fourth-order valence-electron chi connectivity index (χ4n) is 2.55. The van der Waals surface area contributed by atoms with E-state index in [2.05, 4.69) is 39.7 Å². The van der Waals surface area contributed by atoms with Crippen molar-refractivity contribution in [1.29, 1.82) is 0 Å². The van der Waals surface area contributed by atoms with Gasteiger partial charge in [-0.15, -0.1) is 0 Å². The smallest absolute Gasteiger partial charge is 0.141 e. The van der Waals surface area contributed by atoms with Gasteiger partial charge in [-0.05, 0) is 39.7 Å². The highest BCUT2D eigenvalue weighted by Gasteiger charge is 2.18. The Kier molecular flexibility index (Phi) is 4.50. The standard InChI is InChI=1S/C12H23N5/c1-9(7-11-5-3-4-6-13-11)16-10(2)12-14-8-15-17-12/h8-11,13,16H,3-7H2,1-2H3,(H,14,15,17). The third-order valence-corrected chi connectivity index (χ3v) is 3.43. The minimum Gasteiger partial charge on any atom is -0.314 e. The lowest BCUT2D eigenvalue weighted by molar-refractivity contribution is 0.331. The molecule has 1 aromatic heterocycles. The van der Waals surface area contributed by atoms with Crippen LogP contribution in [0.1, 0.15) is 51.4 Å². The molecule has 0 bridgehead atoms. The summed E-state index contributed by atoms with van der Waals surface area (Å²) in [6.45, 7) is 5.53. The van der Waals surface area contributed by atoms with Gasteiger partial charge in [-0.1, -0.05) is 6.42 Å². The number of piperidine rings is 1. The quantitative estimate of drug-likeness (QED) is 0.724. The Balaban J connectivity index is 1.74. The molecule has 3 unspecified atom stereocenters. The molecule has 0 aromatic carbocycles. The summed E-state index contributed by atoms with van der Waals surface area (Å²) in [7, 11) is 0. The number of hydrogen-bond acceptors (Lipinski definition) is 4. The number of rotatable bonds is 5. The highest BCUT2D eigenvalue weighted by molar-refractivity contribution is 4.90. The fraction of sp³-hybridized carbons (Fsp3) is 0.833. The Bertz CT molecular complexity index is 305. The van der Waals surface area contributed by atoms with Gasteiger partial charge in [-0.2, -0.15) is 5.10 Å². The molecule has 0 saturated carbocycles. The van der Waals surface area contributed by atoms with Crippen LogP contribution in [0.5, 0.6) is 0 Å². The van der Waals surface area contributed by atoms with Gasteiger partial charge in [0.05, 0.1) is 6.04 Å². The zero-order chi connectivity index (χ0) is 12.1. The number of H-pyrrole nitrogens is 1. The summed E-state index contributed by atoms with van der Waals surface area (Å²) in [4.78, 5) is 4.17. The first-order valence-electron chi connectivity index (χ1n) is 6.60. The van der Waals surface area contributed by atoms with Crippen molar-refractivity contribution in [3.05, 3.63) is 12.2 Å². The topological polar surface area (TPSA) is 65.6 Å². The van der Waals surface area contributed by atoms with Crippen LogP contribution in [0.25, 0.3) is 0 Å². The van der Waals surface area contributed by atoms with Crippen LogP contribution in [0.3, 0.4) is 0 Å². The molecule has 3 N–H and O–H groups in total. The maximum atomic E-state index is 4.17. The maximum absolute atomic E-state index is 4.17. The van der Waals surface area contributed by atoms with Gasteiger partial charge in [-0.25, -0.2) is 4.98 Å². The minimum atomic E-state index is 0.232. The predicted octanol–water partition coefficient (Wildman–Crippen LogP) is 1.38. The molecule has 0 amide bonds. The molecule has 0 spiro atoms. The average molecular weight is 237 g/mol. The van der Waals surface area contributed by atoms with Crippen molar-refractivity contribution in [3.63, 3.8) is 0 Å². The summed E-state index contributed by atoms with van der Waals surface area (Å²) in [6.07, 6.45) is 6.73. The third kappa shape index (κ3) is 3.78. The van der Waals surface area contributed by atoms with Crippen molar-refractivity contribution in [1.82, 2.24) is 25.8 Å². The molecule has 0 aliphatic carbocycles. The van der Waals surface area contributed by atoms with Crippen LogP contribution in [0.4, 0.5) is 0 Å². The van der Waals surface area contributed by atoms with Gasteiger partial charge in [0.15, 0.2) is 0 Å². The van der Waals surface area contributed by atoms with E-state index in [9.17, 15) is 0 Å². The highest BCUT2D eigenvalue weighted by Crippen LogP contribution is 2.14. The molecule has 3 atom stereocenters. The first kappa shape index (κ1) is 12.5. The van der Waals surface area contributed by atoms with E-state index in [4.69, 9.17) is 0 Å². The number of nitrogens with one attached hydrogen (secondary N) is 3. The molecule has 1 aliphatic heterocycles. The molecule has 96 valence electrons. The zero-order valence-electron chi connectivity index (χ0n) is 10.7. The first-order chi connectivity index (χ1) is 8.25. The van der Waals surface area contributed by atoms with Crippen molar-refractivity contribution in [2.24, 2.45) is 0 Å². The van der Waals surface area contributed by atoms with Gasteiger partial charge in [0, 0.05) is 12.1 Å². The maximum Gasteiger partial charge on any atom is 0.141 e. The largest absolute Gasteiger partial charge is 0.314 e. The summed E-state index contributed by atoms with van der Waals surface area (Å²) in [5.74, 6) is 0.911. The molecule has 0 radical (unpaired) electrons. The lowest BCUT2D eigenvalue weighted by Gasteiger charge is -2.27. The Morgan fingerprint density at radius 1 is 1.47 bits per heavy atom. The number of aromatic amines is 1. The van der Waals surface area contributed by atoms with Crippen LogP contribution >= 0.6 is 0 Å². The summed E-state index contributed by atoms with van der Waals surface area (Å²) in [5, 5.41) is 13.9. The highest BCUT2D eigenvalue weighted by atomic mass is 15.2. The molecule has 5 heteroatoms. The Labute approximate surface area is 103 Å². The lowest BCUT2D eigenvalue weighted by Crippen LogP contribution is -2.40. The van der Waals surface area contributed by atoms with E-state index in [1.54, 1.807) is 6.33 Å². The first-order valence-corrected chi connectivity index (χ1v) is 6.60. The monoisotopic (exact) mass is 237 g/mol. The Hall–Kier alpha value is -0.940. The van der Waals surface area contributed by atoms with Gasteiger partial charge < -0.3 is 10.6 Å². The number of nitrogens with zero attached hydrogens (tertiary/aromatic N) is 2. The minimum absolute atomic E-state index is 0.232. The van der Waals surface area contributed by atoms with Gasteiger partial charge >= 0.3 is 0 Å². The molecule has 2 heterocycles. The van der Waals surface area contributed by atoms with E-state index in [0.29, 0.717) is 12.1 Å². The molecule has 1 aromatic rings. The summed E-state index contributed by atoms with van der Waals surface area (Å²) in [5.41, 5.74) is 0.